The van der Waals surface area contributed by atoms with Crippen LogP contribution in [0.5, 0.6) is 0 Å². The molecule has 1 N–H and O–H groups in total. The van der Waals surface area contributed by atoms with E-state index in [1.54, 1.807) is 23.4 Å². The van der Waals surface area contributed by atoms with Gasteiger partial charge in [0.1, 0.15) is 4.88 Å². The second-order valence-corrected chi connectivity index (χ2v) is 8.59. The fourth-order valence-corrected chi connectivity index (χ4v) is 3.70. The minimum Gasteiger partial charge on any atom is -0.376 e. The molecule has 2 rings (SSSR count). The third-order valence-corrected chi connectivity index (χ3v) is 6.17. The second-order valence-electron chi connectivity index (χ2n) is 5.58. The SMILES string of the molecule is Cc1ncsc1C(=O)Nc1cc(S(=O)(=O)N(C)C)ccc1N(C)C. The van der Waals surface area contributed by atoms with Crippen molar-refractivity contribution in [1.82, 2.24) is 9.29 Å². The van der Waals surface area contributed by atoms with Gasteiger partial charge < -0.3 is 10.2 Å². The number of sulfonamides is 1. The van der Waals surface area contributed by atoms with Crippen LogP contribution in [0.3, 0.4) is 0 Å². The van der Waals surface area contributed by atoms with Crippen molar-refractivity contribution >= 4 is 38.6 Å². The first-order valence-electron chi connectivity index (χ1n) is 7.10. The van der Waals surface area contributed by atoms with E-state index in [1.807, 2.05) is 14.1 Å². The highest BCUT2D eigenvalue weighted by Gasteiger charge is 2.21. The smallest absolute Gasteiger partial charge is 0.267 e. The first kappa shape index (κ1) is 18.4. The number of aryl methyl sites for hydroxylation is 1. The van der Waals surface area contributed by atoms with Crippen LogP contribution in [-0.2, 0) is 10.0 Å². The molecule has 130 valence electrons. The van der Waals surface area contributed by atoms with Crippen LogP contribution < -0.4 is 10.2 Å². The van der Waals surface area contributed by atoms with Crippen LogP contribution in [0.1, 0.15) is 15.4 Å². The average molecular weight is 368 g/mol. The van der Waals surface area contributed by atoms with Crippen LogP contribution in [0, 0.1) is 6.92 Å². The van der Waals surface area contributed by atoms with E-state index >= 15 is 0 Å². The highest BCUT2D eigenvalue weighted by Crippen LogP contribution is 2.29. The van der Waals surface area contributed by atoms with E-state index in [4.69, 9.17) is 0 Å². The molecule has 0 bridgehead atoms. The topological polar surface area (TPSA) is 82.6 Å². The number of hydrogen-bond donors (Lipinski definition) is 1. The lowest BCUT2D eigenvalue weighted by Gasteiger charge is -2.20. The van der Waals surface area contributed by atoms with Crippen molar-refractivity contribution in [3.8, 4) is 0 Å². The number of thiazole rings is 1. The van der Waals surface area contributed by atoms with Crippen molar-refractivity contribution in [3.63, 3.8) is 0 Å². The van der Waals surface area contributed by atoms with Crippen LogP contribution >= 0.6 is 11.3 Å². The number of benzene rings is 1. The molecule has 0 saturated carbocycles. The fourth-order valence-electron chi connectivity index (χ4n) is 2.08. The van der Waals surface area contributed by atoms with Gasteiger partial charge in [0, 0.05) is 28.2 Å². The first-order valence-corrected chi connectivity index (χ1v) is 9.42. The van der Waals surface area contributed by atoms with Gasteiger partial charge in [-0.1, -0.05) is 0 Å². The molecule has 0 aliphatic carbocycles. The Bertz CT molecular complexity index is 857. The quantitative estimate of drug-likeness (QED) is 0.873. The lowest BCUT2D eigenvalue weighted by Crippen LogP contribution is -2.23. The highest BCUT2D eigenvalue weighted by atomic mass is 32.2. The van der Waals surface area contributed by atoms with Crippen molar-refractivity contribution in [2.75, 3.05) is 38.4 Å². The molecule has 0 aliphatic rings. The number of nitrogens with one attached hydrogen (secondary N) is 1. The number of amides is 1. The van der Waals surface area contributed by atoms with Crippen LogP contribution in [-0.4, -0.2) is 51.8 Å². The van der Waals surface area contributed by atoms with Gasteiger partial charge in [0.25, 0.3) is 5.91 Å². The van der Waals surface area contributed by atoms with E-state index in [0.29, 0.717) is 21.9 Å². The molecule has 24 heavy (non-hydrogen) atoms. The maximum atomic E-state index is 12.4. The largest absolute Gasteiger partial charge is 0.376 e. The zero-order valence-electron chi connectivity index (χ0n) is 14.2. The van der Waals surface area contributed by atoms with Crippen molar-refractivity contribution in [2.24, 2.45) is 0 Å². The molecular weight excluding hydrogens is 348 g/mol. The third-order valence-electron chi connectivity index (χ3n) is 3.43. The summed E-state index contributed by atoms with van der Waals surface area (Å²) in [6.07, 6.45) is 0. The summed E-state index contributed by atoms with van der Waals surface area (Å²) in [5.74, 6) is -0.308. The number of nitrogens with zero attached hydrogens (tertiary/aromatic N) is 3. The Kier molecular flexibility index (Phi) is 5.26. The molecule has 7 nitrogen and oxygen atoms in total. The summed E-state index contributed by atoms with van der Waals surface area (Å²) < 4.78 is 25.8. The molecule has 0 unspecified atom stereocenters. The minimum absolute atomic E-state index is 0.120. The summed E-state index contributed by atoms with van der Waals surface area (Å²) in [6.45, 7) is 1.76. The summed E-state index contributed by atoms with van der Waals surface area (Å²) in [5, 5.41) is 2.79. The van der Waals surface area contributed by atoms with Gasteiger partial charge in [-0.25, -0.2) is 17.7 Å². The van der Waals surface area contributed by atoms with E-state index in [9.17, 15) is 13.2 Å². The standard InChI is InChI=1S/C15H20N4O3S2/c1-10-14(23-9-16-10)15(20)17-12-8-11(24(21,22)19(4)5)6-7-13(12)18(2)3/h6-9H,1-5H3,(H,17,20). The normalized spacial score (nSPS) is 11.6. The van der Waals surface area contributed by atoms with E-state index < -0.39 is 10.0 Å². The molecular formula is C15H20N4O3S2. The molecule has 1 aromatic heterocycles. The monoisotopic (exact) mass is 368 g/mol. The number of carbonyl (C=O) groups is 1. The molecule has 0 atom stereocenters. The maximum absolute atomic E-state index is 12.4. The van der Waals surface area contributed by atoms with Gasteiger partial charge in [-0.3, -0.25) is 4.79 Å². The molecule has 0 spiro atoms. The summed E-state index contributed by atoms with van der Waals surface area (Å²) in [5.41, 5.74) is 3.38. The number of aromatic nitrogens is 1. The van der Waals surface area contributed by atoms with Crippen molar-refractivity contribution in [1.29, 1.82) is 0 Å². The van der Waals surface area contributed by atoms with Crippen molar-refractivity contribution in [2.45, 2.75) is 11.8 Å². The number of anilines is 2. The van der Waals surface area contributed by atoms with E-state index in [2.05, 4.69) is 10.3 Å². The van der Waals surface area contributed by atoms with Gasteiger partial charge in [-0.15, -0.1) is 11.3 Å². The van der Waals surface area contributed by atoms with E-state index in [1.165, 1.54) is 37.6 Å². The van der Waals surface area contributed by atoms with Crippen molar-refractivity contribution in [3.05, 3.63) is 34.3 Å². The molecule has 0 fully saturated rings. The first-order chi connectivity index (χ1) is 11.1. The Morgan fingerprint density at radius 2 is 1.88 bits per heavy atom. The van der Waals surface area contributed by atoms with Crippen LogP contribution in [0.4, 0.5) is 11.4 Å². The molecule has 1 heterocycles. The van der Waals surface area contributed by atoms with Crippen LogP contribution in [0.2, 0.25) is 0 Å². The Balaban J connectivity index is 2.47. The molecule has 9 heteroatoms. The Morgan fingerprint density at radius 1 is 1.21 bits per heavy atom. The number of hydrogen-bond acceptors (Lipinski definition) is 6. The number of rotatable bonds is 5. The summed E-state index contributed by atoms with van der Waals surface area (Å²) >= 11 is 1.24. The summed E-state index contributed by atoms with van der Waals surface area (Å²) in [4.78, 5) is 18.9. The zero-order valence-corrected chi connectivity index (χ0v) is 15.8. The average Bonchev–Trinajstić information content (AvgIpc) is 2.92. The van der Waals surface area contributed by atoms with Gasteiger partial charge in [0.05, 0.1) is 27.5 Å². The molecule has 0 radical (unpaired) electrons. The minimum atomic E-state index is -3.59. The second kappa shape index (κ2) is 6.88. The van der Waals surface area contributed by atoms with Gasteiger partial charge >= 0.3 is 0 Å². The molecule has 0 saturated heterocycles. The lowest BCUT2D eigenvalue weighted by atomic mass is 10.2. The maximum Gasteiger partial charge on any atom is 0.267 e. The predicted molar refractivity (Wildman–Crippen MR) is 96.4 cm³/mol. The lowest BCUT2D eigenvalue weighted by molar-refractivity contribution is 0.103. The van der Waals surface area contributed by atoms with E-state index in [-0.39, 0.29) is 10.8 Å². The van der Waals surface area contributed by atoms with Gasteiger partial charge in [-0.2, -0.15) is 0 Å². The molecule has 1 amide bonds. The zero-order chi connectivity index (χ0) is 18.1. The molecule has 2 aromatic rings. The Morgan fingerprint density at radius 3 is 2.38 bits per heavy atom. The Labute approximate surface area is 146 Å². The molecule has 0 aliphatic heterocycles. The summed E-state index contributed by atoms with van der Waals surface area (Å²) in [7, 11) is 2.99. The Hall–Kier alpha value is -1.97. The summed E-state index contributed by atoms with van der Waals surface area (Å²) in [6, 6.07) is 4.67. The van der Waals surface area contributed by atoms with Crippen LogP contribution in [0.25, 0.3) is 0 Å². The fraction of sp³-hybridized carbons (Fsp3) is 0.333. The predicted octanol–water partition coefficient (Wildman–Crippen LogP) is 2.02. The molecule has 1 aromatic carbocycles. The van der Waals surface area contributed by atoms with Gasteiger partial charge in [-0.05, 0) is 25.1 Å². The van der Waals surface area contributed by atoms with E-state index in [0.717, 1.165) is 4.31 Å². The third kappa shape index (κ3) is 3.58. The van der Waals surface area contributed by atoms with Crippen LogP contribution in [0.15, 0.2) is 28.6 Å². The van der Waals surface area contributed by atoms with Crippen molar-refractivity contribution < 1.29 is 13.2 Å². The number of carbonyl (C=O) groups excluding carboxylic acids is 1. The van der Waals surface area contributed by atoms with Gasteiger partial charge in [0.15, 0.2) is 0 Å². The van der Waals surface area contributed by atoms with Gasteiger partial charge in [0.2, 0.25) is 10.0 Å². The highest BCUT2D eigenvalue weighted by molar-refractivity contribution is 7.89.